The average Bonchev–Trinajstić information content (AvgIpc) is 1.42. The molecule has 0 aliphatic rings. The van der Waals surface area contributed by atoms with Crippen LogP contribution in [0.15, 0.2) is 0 Å². The minimum atomic E-state index is -5.76. The van der Waals surface area contributed by atoms with E-state index < -0.39 is 37.6 Å². The Balaban J connectivity index is -0.0000000533. The predicted octanol–water partition coefficient (Wildman–Crippen LogP) is -4.80. The maximum atomic E-state index is 9.53. The summed E-state index contributed by atoms with van der Waals surface area (Å²) in [5, 5.41) is 0. The molecule has 98 valence electrons. The zero-order chi connectivity index (χ0) is 12.2. The van der Waals surface area contributed by atoms with Gasteiger partial charge in [-0.05, 0) is 0 Å². The molecule has 0 rings (SSSR count). The first-order chi connectivity index (χ1) is 5.71. The Bertz CT molecular complexity index is 420. The van der Waals surface area contributed by atoms with Crippen molar-refractivity contribution in [3.05, 3.63) is 0 Å². The quantitative estimate of drug-likeness (QED) is 0.259. The fourth-order valence-corrected chi connectivity index (χ4v) is 1.85. The summed E-state index contributed by atoms with van der Waals surface area (Å²) in [5.41, 5.74) is 0. The Morgan fingerprint density at radius 1 is 0.824 bits per heavy atom. The van der Waals surface area contributed by atoms with Crippen molar-refractivity contribution in [1.82, 2.24) is 0 Å². The molecule has 0 spiro atoms. The van der Waals surface area contributed by atoms with E-state index in [9.17, 15) is 15.2 Å². The van der Waals surface area contributed by atoms with Crippen LogP contribution in [0.3, 0.4) is 0 Å². The van der Waals surface area contributed by atoms with Gasteiger partial charge in [-0.2, -0.15) is 8.42 Å². The van der Waals surface area contributed by atoms with E-state index in [0.717, 1.165) is 0 Å². The van der Waals surface area contributed by atoms with Crippen LogP contribution >= 0.6 is 0 Å². The van der Waals surface area contributed by atoms with Crippen LogP contribution < -0.4 is 0 Å². The molecule has 0 amide bonds. The predicted molar refractivity (Wildman–Crippen MR) is 46.7 cm³/mol. The molecular formula is H9AlCr2Na2O11S. The van der Waals surface area contributed by atoms with Crippen molar-refractivity contribution >= 4 is 86.9 Å². The molecule has 0 aromatic carbocycles. The number of rotatable bonds is 2. The molecule has 4 N–H and O–H groups in total. The topological polar surface area (TPSA) is 193 Å². The summed E-state index contributed by atoms with van der Waals surface area (Å²) in [7, 11) is -4.67. The molecular weight excluding hydrogens is 385 g/mol. The van der Waals surface area contributed by atoms with Crippen molar-refractivity contribution < 1.29 is 71.1 Å². The first-order valence-electron chi connectivity index (χ1n) is 2.06. The molecule has 0 bridgehead atoms. The van der Waals surface area contributed by atoms with Gasteiger partial charge in [0.1, 0.15) is 0 Å². The molecule has 11 nitrogen and oxygen atoms in total. The first-order valence-corrected chi connectivity index (χ1v) is 7.72. The summed E-state index contributed by atoms with van der Waals surface area (Å²) < 4.78 is 87.8. The van der Waals surface area contributed by atoms with E-state index in [1.54, 1.807) is 0 Å². The van der Waals surface area contributed by atoms with E-state index in [1.807, 2.05) is 0 Å². The second kappa shape index (κ2) is 12.3. The van der Waals surface area contributed by atoms with Crippen LogP contribution in [0.25, 0.3) is 0 Å². The summed E-state index contributed by atoms with van der Waals surface area (Å²) in [4.78, 5) is 0. The van der Waals surface area contributed by atoms with Gasteiger partial charge in [0, 0.05) is 0 Å². The van der Waals surface area contributed by atoms with E-state index >= 15 is 0 Å². The van der Waals surface area contributed by atoms with Crippen LogP contribution in [0.2, 0.25) is 0 Å². The van der Waals surface area contributed by atoms with E-state index in [4.69, 9.17) is 25.8 Å². The summed E-state index contributed by atoms with van der Waals surface area (Å²) in [5.74, 6) is 0. The van der Waals surface area contributed by atoms with E-state index in [0.29, 0.717) is 0 Å². The van der Waals surface area contributed by atoms with Gasteiger partial charge in [-0.15, -0.1) is 0 Å². The SMILES string of the molecule is O=S(=O)(O)O.[AlH3].[NaH].[NaH].[O]=[Cr](=[O])([OH])[O][Cr](=[O])(=[O])[OH]. The molecule has 0 saturated heterocycles. The first kappa shape index (κ1) is 31.8. The normalized spacial score (nSPS) is 10.6. The second-order valence-corrected chi connectivity index (χ2v) is 6.03. The van der Waals surface area contributed by atoms with Crippen LogP contribution in [0, 0.1) is 0 Å². The van der Waals surface area contributed by atoms with Crippen molar-refractivity contribution in [1.29, 1.82) is 0 Å². The Morgan fingerprint density at radius 3 is 0.941 bits per heavy atom. The van der Waals surface area contributed by atoms with E-state index in [1.165, 1.54) is 0 Å². The third kappa shape index (κ3) is 69.5. The Kier molecular flexibility index (Phi) is 23.0. The molecule has 0 saturated carbocycles. The third-order valence-corrected chi connectivity index (χ3v) is 2.92. The van der Waals surface area contributed by atoms with Gasteiger partial charge in [0.25, 0.3) is 0 Å². The van der Waals surface area contributed by atoms with Crippen molar-refractivity contribution in [2.24, 2.45) is 0 Å². The number of hydrogen-bond donors (Lipinski definition) is 4. The van der Waals surface area contributed by atoms with Gasteiger partial charge in [-0.1, -0.05) is 0 Å². The molecule has 0 aromatic heterocycles. The van der Waals surface area contributed by atoms with Crippen molar-refractivity contribution in [2.75, 3.05) is 0 Å². The molecule has 17 heteroatoms. The fraction of sp³-hybridized carbons (Fsp3) is 0. The molecule has 17 heavy (non-hydrogen) atoms. The zero-order valence-corrected chi connectivity index (χ0v) is 9.24. The molecule has 0 atom stereocenters. The van der Waals surface area contributed by atoms with Gasteiger partial charge in [-0.25, -0.2) is 0 Å². The monoisotopic (exact) mass is 394 g/mol. The van der Waals surface area contributed by atoms with Gasteiger partial charge in [0.2, 0.25) is 0 Å². The number of hydrogen-bond acceptors (Lipinski definition) is 7. The third-order valence-electron chi connectivity index (χ3n) is 0.172. The van der Waals surface area contributed by atoms with Gasteiger partial charge in [-0.3, -0.25) is 9.11 Å². The van der Waals surface area contributed by atoms with Gasteiger partial charge < -0.3 is 0 Å². The van der Waals surface area contributed by atoms with Gasteiger partial charge in [0.15, 0.2) is 17.4 Å². The van der Waals surface area contributed by atoms with Crippen LogP contribution in [-0.4, -0.2) is 102 Å². The molecule has 0 unspecified atom stereocenters. The summed E-state index contributed by atoms with van der Waals surface area (Å²) >= 11 is -11.5. The van der Waals surface area contributed by atoms with Crippen LogP contribution in [0.4, 0.5) is 0 Å². The molecule has 0 aliphatic heterocycles. The second-order valence-electron chi connectivity index (χ2n) is 1.37. The van der Waals surface area contributed by atoms with Crippen LogP contribution in [0.5, 0.6) is 0 Å². The average molecular weight is 394 g/mol. The Labute approximate surface area is 155 Å². The summed E-state index contributed by atoms with van der Waals surface area (Å²) in [6.07, 6.45) is 0. The van der Waals surface area contributed by atoms with Gasteiger partial charge >= 0.3 is 123 Å². The molecule has 0 fully saturated rings. The zero-order valence-electron chi connectivity index (χ0n) is 5.87. The molecule has 0 aromatic rings. The van der Waals surface area contributed by atoms with E-state index in [-0.39, 0.29) is 76.5 Å². The van der Waals surface area contributed by atoms with Crippen LogP contribution in [-0.2, 0) is 55.7 Å². The van der Waals surface area contributed by atoms with Crippen molar-refractivity contribution in [2.45, 2.75) is 0 Å². The Hall–Kier alpha value is 2.55. The van der Waals surface area contributed by atoms with Crippen molar-refractivity contribution in [3.8, 4) is 0 Å². The van der Waals surface area contributed by atoms with E-state index in [2.05, 4.69) is 2.84 Å². The Morgan fingerprint density at radius 2 is 0.941 bits per heavy atom. The van der Waals surface area contributed by atoms with Gasteiger partial charge in [0.05, 0.1) is 0 Å². The van der Waals surface area contributed by atoms with Crippen molar-refractivity contribution in [3.63, 3.8) is 0 Å². The molecule has 0 heterocycles. The molecule has 0 aliphatic carbocycles. The molecule has 0 radical (unpaired) electrons. The summed E-state index contributed by atoms with van der Waals surface area (Å²) in [6.45, 7) is 0. The maximum absolute atomic E-state index is 9.53. The standard InChI is InChI=1S/Al.2Cr.2Na.H2O4S.2H2O.5O.5H/c;;;;;1-5(2,3)4;;;;;;;;;;;;/h;;;;;(H2,1,2,3,4);2*1H2;;;;;;;;;;/q;2*+1;;;;;;;;;;;;;;;/p-2. The fourth-order valence-electron chi connectivity index (χ4n) is 0.109. The minimum absolute atomic E-state index is 0. The summed E-state index contributed by atoms with van der Waals surface area (Å²) in [6, 6.07) is 0. The van der Waals surface area contributed by atoms with Crippen LogP contribution in [0.1, 0.15) is 0 Å².